The molecule has 0 radical (unpaired) electrons. The number of hydrogen-bond donors (Lipinski definition) is 0. The van der Waals surface area contributed by atoms with Gasteiger partial charge < -0.3 is 0 Å². The van der Waals surface area contributed by atoms with Crippen molar-refractivity contribution in [2.45, 2.75) is 12.2 Å². The van der Waals surface area contributed by atoms with E-state index in [0.717, 1.165) is 11.1 Å². The molecule has 2 aromatic rings. The van der Waals surface area contributed by atoms with Gasteiger partial charge in [0.1, 0.15) is 0 Å². The van der Waals surface area contributed by atoms with Crippen molar-refractivity contribution in [3.8, 4) is 7.62 Å². The molecule has 2 unspecified atom stereocenters. The van der Waals surface area contributed by atoms with Crippen LogP contribution in [0.2, 0.25) is 10.0 Å². The van der Waals surface area contributed by atoms with Crippen LogP contribution in [-0.4, -0.2) is 6.79 Å². The van der Waals surface area contributed by atoms with Crippen LogP contribution in [0.15, 0.2) is 48.5 Å². The average molecular weight is 573 g/mol. The van der Waals surface area contributed by atoms with Gasteiger partial charge in [-0.3, -0.25) is 0 Å². The Balaban J connectivity index is 1.94. The number of benzene rings is 2. The molecule has 0 fully saturated rings. The summed E-state index contributed by atoms with van der Waals surface area (Å²) in [5.41, 5.74) is 1.94. The molecule has 2 nitrogen and oxygen atoms in total. The van der Waals surface area contributed by atoms with E-state index in [1.807, 2.05) is 92.4 Å². The van der Waals surface area contributed by atoms with Gasteiger partial charge in [0.25, 0.3) is 0 Å². The maximum atomic E-state index is 5.90. The minimum absolute atomic E-state index is 0.118. The first-order valence-electron chi connectivity index (χ1n) is 6.60. The van der Waals surface area contributed by atoms with Gasteiger partial charge >= 0.3 is 173 Å². The van der Waals surface area contributed by atoms with Crippen LogP contribution in [-0.2, 0) is 9.47 Å². The Labute approximate surface area is 171 Å². The second kappa shape index (κ2) is 10.1. The van der Waals surface area contributed by atoms with Crippen LogP contribution in [0.1, 0.15) is 23.3 Å². The molecule has 0 N–H and O–H groups in total. The van der Waals surface area contributed by atoms with Crippen molar-refractivity contribution in [2.24, 2.45) is 0 Å². The second-order valence-electron chi connectivity index (χ2n) is 4.53. The minimum atomic E-state index is -0.284. The molecule has 0 aliphatic rings. The third kappa shape index (κ3) is 6.07. The van der Waals surface area contributed by atoms with Crippen molar-refractivity contribution >= 4 is 67.0 Å². The van der Waals surface area contributed by atoms with Crippen LogP contribution < -0.4 is 0 Å². The van der Waals surface area contributed by atoms with Gasteiger partial charge in [0.05, 0.1) is 0 Å². The van der Waals surface area contributed by atoms with E-state index in [0.29, 0.717) is 10.0 Å². The van der Waals surface area contributed by atoms with Crippen molar-refractivity contribution in [3.63, 3.8) is 0 Å². The molecule has 6 heteroatoms. The number of rotatable bonds is 6. The molecule has 0 saturated carbocycles. The van der Waals surface area contributed by atoms with Crippen LogP contribution in [0, 0.1) is 7.62 Å². The molecule has 23 heavy (non-hydrogen) atoms. The second-order valence-corrected chi connectivity index (χ2v) is 6.65. The van der Waals surface area contributed by atoms with Crippen molar-refractivity contribution in [1.82, 2.24) is 0 Å². The molecular formula is C17H12Cl2I2O2. The fourth-order valence-electron chi connectivity index (χ4n) is 1.83. The molecule has 0 aromatic heterocycles. The zero-order valence-electron chi connectivity index (χ0n) is 11.8. The third-order valence-corrected chi connectivity index (χ3v) is 4.65. The van der Waals surface area contributed by atoms with Crippen molar-refractivity contribution in [3.05, 3.63) is 69.7 Å². The first-order chi connectivity index (χ1) is 11.1. The molecule has 0 aliphatic heterocycles. The first kappa shape index (κ1) is 19.3. The Bertz CT molecular complexity index is 655. The quantitative estimate of drug-likeness (QED) is 0.289. The van der Waals surface area contributed by atoms with E-state index >= 15 is 0 Å². The summed E-state index contributed by atoms with van der Waals surface area (Å²) >= 11 is 15.9. The zero-order chi connectivity index (χ0) is 16.7. The Morgan fingerprint density at radius 1 is 0.739 bits per heavy atom. The van der Waals surface area contributed by atoms with Gasteiger partial charge in [-0.15, -0.1) is 0 Å². The van der Waals surface area contributed by atoms with Gasteiger partial charge in [0.2, 0.25) is 0 Å². The monoisotopic (exact) mass is 572 g/mol. The Morgan fingerprint density at radius 3 is 1.39 bits per heavy atom. The van der Waals surface area contributed by atoms with Gasteiger partial charge in [-0.05, 0) is 0 Å². The van der Waals surface area contributed by atoms with E-state index in [1.165, 1.54) is 0 Å². The standard InChI is InChI=1S/C17H12Cl2I2O2/c18-14-5-1-12(2-6-14)16(9-20)22-11-23-17(10-21)13-3-7-15(19)8-4-13/h1-8,16-17H,11H2. The van der Waals surface area contributed by atoms with Crippen LogP contribution in [0.5, 0.6) is 0 Å². The summed E-state index contributed by atoms with van der Waals surface area (Å²) in [6.07, 6.45) is -0.569. The third-order valence-electron chi connectivity index (χ3n) is 3.01. The summed E-state index contributed by atoms with van der Waals surface area (Å²) in [6.45, 7) is 0.118. The summed E-state index contributed by atoms with van der Waals surface area (Å²) in [4.78, 5) is 0. The summed E-state index contributed by atoms with van der Waals surface area (Å²) in [5, 5.41) is 1.38. The van der Waals surface area contributed by atoms with Crippen molar-refractivity contribution in [1.29, 1.82) is 0 Å². The Hall–Kier alpha value is -0.0400. The molecule has 0 bridgehead atoms. The molecule has 0 aliphatic carbocycles. The fraction of sp³-hybridized carbons (Fsp3) is 0.176. The molecule has 0 spiro atoms. The summed E-state index contributed by atoms with van der Waals surface area (Å²) in [5.74, 6) is 0. The van der Waals surface area contributed by atoms with Crippen molar-refractivity contribution in [2.75, 3.05) is 6.79 Å². The predicted octanol–water partition coefficient (Wildman–Crippen LogP) is 6.55. The van der Waals surface area contributed by atoms with E-state index in [1.54, 1.807) is 0 Å². The Morgan fingerprint density at radius 2 is 1.09 bits per heavy atom. The van der Waals surface area contributed by atoms with Crippen LogP contribution in [0.4, 0.5) is 0 Å². The molecule has 2 aromatic carbocycles. The molecule has 0 heterocycles. The first-order valence-corrected chi connectivity index (χ1v) is 9.52. The number of ether oxygens (including phenoxy) is 2. The van der Waals surface area contributed by atoms with E-state index in [-0.39, 0.29) is 19.0 Å². The van der Waals surface area contributed by atoms with Gasteiger partial charge in [-0.25, -0.2) is 0 Å². The summed E-state index contributed by atoms with van der Waals surface area (Å²) in [7, 11) is 0. The SMILES string of the molecule is Clc1ccc(C(C#I)OCOC(C#I)c2ccc(Cl)cc2)cc1. The van der Waals surface area contributed by atoms with Crippen molar-refractivity contribution < 1.29 is 9.47 Å². The summed E-state index contributed by atoms with van der Waals surface area (Å²) in [6, 6.07) is 14.9. The summed E-state index contributed by atoms with van der Waals surface area (Å²) < 4.78 is 17.6. The predicted molar refractivity (Wildman–Crippen MR) is 111 cm³/mol. The molecular weight excluding hydrogens is 561 g/mol. The van der Waals surface area contributed by atoms with Crippen LogP contribution in [0.25, 0.3) is 0 Å². The molecule has 0 saturated heterocycles. The van der Waals surface area contributed by atoms with E-state index in [9.17, 15) is 0 Å². The molecule has 120 valence electrons. The van der Waals surface area contributed by atoms with Gasteiger partial charge in [-0.1, -0.05) is 0 Å². The van der Waals surface area contributed by atoms with Crippen LogP contribution >= 0.6 is 67.0 Å². The molecule has 2 rings (SSSR count). The van der Waals surface area contributed by atoms with E-state index < -0.39 is 0 Å². The topological polar surface area (TPSA) is 18.5 Å². The fourth-order valence-corrected chi connectivity index (χ4v) is 3.16. The maximum absolute atomic E-state index is 5.90. The Kier molecular flexibility index (Phi) is 8.44. The van der Waals surface area contributed by atoms with Crippen LogP contribution in [0.3, 0.4) is 0 Å². The zero-order valence-corrected chi connectivity index (χ0v) is 17.6. The van der Waals surface area contributed by atoms with Gasteiger partial charge in [0.15, 0.2) is 0 Å². The molecule has 2 atom stereocenters. The van der Waals surface area contributed by atoms with Gasteiger partial charge in [0, 0.05) is 0 Å². The number of hydrogen-bond acceptors (Lipinski definition) is 2. The molecule has 0 amide bonds. The number of halogens is 4. The average Bonchev–Trinajstić information content (AvgIpc) is 2.57. The van der Waals surface area contributed by atoms with E-state index in [2.05, 4.69) is 7.62 Å². The van der Waals surface area contributed by atoms with Gasteiger partial charge in [-0.2, -0.15) is 0 Å². The normalized spacial score (nSPS) is 13.0. The van der Waals surface area contributed by atoms with E-state index in [4.69, 9.17) is 32.7 Å².